The molecule has 0 aromatic carbocycles. The monoisotopic (exact) mass is 266 g/mol. The van der Waals surface area contributed by atoms with Gasteiger partial charge in [0, 0.05) is 12.8 Å². The highest BCUT2D eigenvalue weighted by atomic mass is 32.2. The quantitative estimate of drug-likeness (QED) is 0.579. The second-order valence-corrected chi connectivity index (χ2v) is 5.97. The van der Waals surface area contributed by atoms with Crippen molar-refractivity contribution in [1.82, 2.24) is 10.6 Å². The molecule has 2 amide bonds. The highest BCUT2D eigenvalue weighted by molar-refractivity contribution is 7.90. The lowest BCUT2D eigenvalue weighted by molar-refractivity contribution is -0.139. The van der Waals surface area contributed by atoms with Crippen LogP contribution in [0, 0.1) is 0 Å². The van der Waals surface area contributed by atoms with Crippen LogP contribution in [0.15, 0.2) is 0 Å². The van der Waals surface area contributed by atoms with Gasteiger partial charge in [-0.25, -0.2) is 18.0 Å². The fraction of sp³-hybridized carbons (Fsp3) is 0.778. The lowest BCUT2D eigenvalue weighted by atomic mass is 10.2. The summed E-state index contributed by atoms with van der Waals surface area (Å²) in [5, 5.41) is 13.3. The molecule has 0 unspecified atom stereocenters. The Hall–Kier alpha value is -1.31. The lowest BCUT2D eigenvalue weighted by Gasteiger charge is -2.13. The zero-order chi connectivity index (χ0) is 13.5. The molecule has 0 radical (unpaired) electrons. The summed E-state index contributed by atoms with van der Waals surface area (Å²) in [7, 11) is -3.13. The summed E-state index contributed by atoms with van der Waals surface area (Å²) in [5.41, 5.74) is 0. The molecule has 0 aromatic rings. The number of urea groups is 1. The Kier molecular flexibility index (Phi) is 6.55. The third kappa shape index (κ3) is 8.49. The molecule has 0 saturated heterocycles. The molecule has 0 aromatic heterocycles. The summed E-state index contributed by atoms with van der Waals surface area (Å²) in [6.45, 7) is 1.77. The van der Waals surface area contributed by atoms with Crippen molar-refractivity contribution in [3.8, 4) is 0 Å². The molecule has 0 aliphatic rings. The molecule has 8 heteroatoms. The summed E-state index contributed by atoms with van der Waals surface area (Å²) in [5.74, 6) is -1.28. The van der Waals surface area contributed by atoms with E-state index in [0.29, 0.717) is 12.8 Å². The van der Waals surface area contributed by atoms with E-state index in [1.807, 2.05) is 0 Å². The lowest BCUT2D eigenvalue weighted by Crippen LogP contribution is -2.46. The van der Waals surface area contributed by atoms with E-state index in [2.05, 4.69) is 10.6 Å². The van der Waals surface area contributed by atoms with Crippen LogP contribution >= 0.6 is 0 Å². The topological polar surface area (TPSA) is 113 Å². The van der Waals surface area contributed by atoms with E-state index in [0.717, 1.165) is 6.26 Å². The number of carboxylic acids is 1. The van der Waals surface area contributed by atoms with Crippen molar-refractivity contribution < 1.29 is 23.1 Å². The number of carbonyl (C=O) groups is 2. The molecule has 0 fully saturated rings. The van der Waals surface area contributed by atoms with Crippen molar-refractivity contribution in [3.05, 3.63) is 0 Å². The molecule has 1 atom stereocenters. The average Bonchev–Trinajstić information content (AvgIpc) is 2.14. The van der Waals surface area contributed by atoms with Gasteiger partial charge in [-0.3, -0.25) is 0 Å². The molecule has 0 heterocycles. The Morgan fingerprint density at radius 3 is 2.35 bits per heavy atom. The molecular formula is C9H18N2O5S. The van der Waals surface area contributed by atoms with Gasteiger partial charge < -0.3 is 15.7 Å². The molecular weight excluding hydrogens is 248 g/mol. The van der Waals surface area contributed by atoms with Crippen LogP contribution in [0.2, 0.25) is 0 Å². The van der Waals surface area contributed by atoms with Gasteiger partial charge in [0.25, 0.3) is 0 Å². The number of nitrogens with one attached hydrogen (secondary N) is 2. The molecule has 0 rings (SSSR count). The summed E-state index contributed by atoms with van der Waals surface area (Å²) >= 11 is 0. The number of rotatable bonds is 7. The first kappa shape index (κ1) is 15.7. The Balaban J connectivity index is 4.03. The van der Waals surface area contributed by atoms with Crippen LogP contribution in [-0.4, -0.2) is 50.1 Å². The fourth-order valence-corrected chi connectivity index (χ4v) is 1.58. The molecule has 0 spiro atoms. The Morgan fingerprint density at radius 1 is 1.35 bits per heavy atom. The van der Waals surface area contributed by atoms with Crippen molar-refractivity contribution in [2.45, 2.75) is 25.8 Å². The average molecular weight is 266 g/mol. The van der Waals surface area contributed by atoms with Crippen LogP contribution in [0.5, 0.6) is 0 Å². The van der Waals surface area contributed by atoms with Crippen molar-refractivity contribution in [3.63, 3.8) is 0 Å². The number of carbonyl (C=O) groups excluding carboxylic acids is 1. The first-order chi connectivity index (χ1) is 7.76. The third-order valence-electron chi connectivity index (χ3n) is 1.94. The number of carboxylic acid groups (broad SMARTS) is 1. The number of sulfone groups is 1. The summed E-state index contributed by atoms with van der Waals surface area (Å²) in [6, 6.07) is -1.62. The Bertz CT molecular complexity index is 366. The molecule has 0 aliphatic heterocycles. The number of hydrogen-bond donors (Lipinski definition) is 3. The zero-order valence-corrected chi connectivity index (χ0v) is 10.7. The minimum atomic E-state index is -3.13. The van der Waals surface area contributed by atoms with Gasteiger partial charge in [-0.1, -0.05) is 13.3 Å². The maximum Gasteiger partial charge on any atom is 0.326 e. The summed E-state index contributed by atoms with van der Waals surface area (Å²) in [6.07, 6.45) is 2.01. The predicted molar refractivity (Wildman–Crippen MR) is 62.6 cm³/mol. The van der Waals surface area contributed by atoms with E-state index in [4.69, 9.17) is 5.11 Å². The Morgan fingerprint density at radius 2 is 1.94 bits per heavy atom. The van der Waals surface area contributed by atoms with E-state index in [1.54, 1.807) is 6.92 Å². The molecule has 17 heavy (non-hydrogen) atoms. The van der Waals surface area contributed by atoms with Crippen molar-refractivity contribution in [1.29, 1.82) is 0 Å². The van der Waals surface area contributed by atoms with Crippen LogP contribution in [0.1, 0.15) is 19.8 Å². The van der Waals surface area contributed by atoms with Gasteiger partial charge in [0.15, 0.2) is 0 Å². The summed E-state index contributed by atoms with van der Waals surface area (Å²) in [4.78, 5) is 22.0. The minimum Gasteiger partial charge on any atom is -0.480 e. The van der Waals surface area contributed by atoms with Crippen LogP contribution in [0.25, 0.3) is 0 Å². The SMILES string of the molecule is CCC[C@H](NC(=O)NCCS(C)(=O)=O)C(=O)O. The first-order valence-electron chi connectivity index (χ1n) is 5.21. The van der Waals surface area contributed by atoms with Gasteiger partial charge in [0.1, 0.15) is 15.9 Å². The van der Waals surface area contributed by atoms with E-state index >= 15 is 0 Å². The molecule has 3 N–H and O–H groups in total. The molecule has 100 valence electrons. The van der Waals surface area contributed by atoms with Crippen LogP contribution in [0.3, 0.4) is 0 Å². The number of aliphatic carboxylic acids is 1. The van der Waals surface area contributed by atoms with Gasteiger partial charge in [0.2, 0.25) is 0 Å². The third-order valence-corrected chi connectivity index (χ3v) is 2.88. The second-order valence-electron chi connectivity index (χ2n) is 3.71. The van der Waals surface area contributed by atoms with Crippen molar-refractivity contribution in [2.75, 3.05) is 18.6 Å². The Labute approximate surface area is 101 Å². The highest BCUT2D eigenvalue weighted by Crippen LogP contribution is 1.96. The smallest absolute Gasteiger partial charge is 0.326 e. The van der Waals surface area contributed by atoms with Gasteiger partial charge in [-0.15, -0.1) is 0 Å². The fourth-order valence-electron chi connectivity index (χ4n) is 1.11. The maximum absolute atomic E-state index is 11.2. The van der Waals surface area contributed by atoms with Gasteiger partial charge in [0.05, 0.1) is 5.75 Å². The predicted octanol–water partition coefficient (Wildman–Crippen LogP) is -0.416. The standard InChI is InChI=1S/C9H18N2O5S/c1-3-4-7(8(12)13)11-9(14)10-5-6-17(2,15)16/h7H,3-6H2,1-2H3,(H,12,13)(H2,10,11,14)/t7-/m0/s1. The largest absolute Gasteiger partial charge is 0.480 e. The summed E-state index contributed by atoms with van der Waals surface area (Å²) < 4.78 is 21.6. The second kappa shape index (κ2) is 7.10. The minimum absolute atomic E-state index is 0.0386. The van der Waals surface area contributed by atoms with E-state index in [1.165, 1.54) is 0 Å². The highest BCUT2D eigenvalue weighted by Gasteiger charge is 2.18. The van der Waals surface area contributed by atoms with E-state index < -0.39 is 27.9 Å². The van der Waals surface area contributed by atoms with Crippen LogP contribution in [0.4, 0.5) is 4.79 Å². The van der Waals surface area contributed by atoms with Gasteiger partial charge in [-0.05, 0) is 6.42 Å². The number of hydrogen-bond acceptors (Lipinski definition) is 4. The zero-order valence-electron chi connectivity index (χ0n) is 9.89. The first-order valence-corrected chi connectivity index (χ1v) is 7.27. The molecule has 0 aliphatic carbocycles. The van der Waals surface area contributed by atoms with Crippen molar-refractivity contribution in [2.24, 2.45) is 0 Å². The van der Waals surface area contributed by atoms with Crippen molar-refractivity contribution >= 4 is 21.8 Å². The number of amides is 2. The van der Waals surface area contributed by atoms with Crippen LogP contribution < -0.4 is 10.6 Å². The van der Waals surface area contributed by atoms with E-state index in [-0.39, 0.29) is 12.3 Å². The van der Waals surface area contributed by atoms with E-state index in [9.17, 15) is 18.0 Å². The molecule has 7 nitrogen and oxygen atoms in total. The molecule has 0 bridgehead atoms. The van der Waals surface area contributed by atoms with Crippen LogP contribution in [-0.2, 0) is 14.6 Å². The van der Waals surface area contributed by atoms with Gasteiger partial charge >= 0.3 is 12.0 Å². The molecule has 0 saturated carbocycles. The maximum atomic E-state index is 11.2. The van der Waals surface area contributed by atoms with Gasteiger partial charge in [-0.2, -0.15) is 0 Å². The normalized spacial score (nSPS) is 12.8.